The Bertz CT molecular complexity index is 1550. The highest BCUT2D eigenvalue weighted by atomic mass is 16.5. The van der Waals surface area contributed by atoms with E-state index in [1.54, 1.807) is 18.2 Å². The number of rotatable bonds is 6. The van der Waals surface area contributed by atoms with Crippen molar-refractivity contribution in [3.63, 3.8) is 0 Å². The quantitative estimate of drug-likeness (QED) is 0.204. The Balaban J connectivity index is 1.82. The van der Waals surface area contributed by atoms with Crippen molar-refractivity contribution >= 4 is 34.0 Å². The van der Waals surface area contributed by atoms with Crippen LogP contribution in [0.5, 0.6) is 11.5 Å². The van der Waals surface area contributed by atoms with Crippen LogP contribution in [-0.4, -0.2) is 36.0 Å². The van der Waals surface area contributed by atoms with Gasteiger partial charge in [0.05, 0.1) is 31.4 Å². The van der Waals surface area contributed by atoms with Crippen molar-refractivity contribution < 1.29 is 24.2 Å². The van der Waals surface area contributed by atoms with Crippen LogP contribution in [0.2, 0.25) is 0 Å². The number of aromatic amines is 1. The number of aromatic nitrogens is 1. The zero-order valence-electron chi connectivity index (χ0n) is 21.2. The molecule has 0 bridgehead atoms. The number of amides is 1. The maximum absolute atomic E-state index is 13.6. The summed E-state index contributed by atoms with van der Waals surface area (Å²) < 4.78 is 10.8. The van der Waals surface area contributed by atoms with Gasteiger partial charge in [-0.25, -0.2) is 0 Å². The number of aliphatic hydroxyl groups is 1. The number of carbonyl (C=O) groups is 2. The monoisotopic (exact) mass is 496 g/mol. The average molecular weight is 497 g/mol. The fraction of sp³-hybridized carbons (Fsp3) is 0.200. The van der Waals surface area contributed by atoms with Crippen LogP contribution < -0.4 is 14.4 Å². The standard InChI is InChI=1S/C30H28N2O5/c1-5-18-10-12-19(13-11-18)32-27(25-17(2)31-23-9-7-6-8-21(23)25)26(29(34)30(32)35)28(33)22-16-20(36-3)14-15-24(22)37-4/h6-16,27,31,33H,5H2,1-4H3/b28-26+. The first-order chi connectivity index (χ1) is 17.9. The molecule has 1 amide bonds. The highest BCUT2D eigenvalue weighted by molar-refractivity contribution is 6.52. The lowest BCUT2D eigenvalue weighted by Gasteiger charge is -2.26. The molecule has 37 heavy (non-hydrogen) atoms. The molecular formula is C30H28N2O5. The second kappa shape index (κ2) is 9.50. The van der Waals surface area contributed by atoms with Crippen LogP contribution in [0.1, 0.15) is 35.3 Å². The number of ether oxygens (including phenoxy) is 2. The summed E-state index contributed by atoms with van der Waals surface area (Å²) in [4.78, 5) is 32.1. The normalized spacial score (nSPS) is 17.0. The van der Waals surface area contributed by atoms with Gasteiger partial charge in [-0.3, -0.25) is 14.5 Å². The molecule has 0 aliphatic carbocycles. The number of para-hydroxylation sites is 1. The van der Waals surface area contributed by atoms with Crippen molar-refractivity contribution in [1.29, 1.82) is 0 Å². The number of nitrogens with one attached hydrogen (secondary N) is 1. The molecular weight excluding hydrogens is 468 g/mol. The Kier molecular flexibility index (Phi) is 6.21. The van der Waals surface area contributed by atoms with E-state index in [-0.39, 0.29) is 16.9 Å². The number of carbonyl (C=O) groups excluding carboxylic acids is 2. The van der Waals surface area contributed by atoms with Crippen molar-refractivity contribution in [3.8, 4) is 11.5 Å². The number of nitrogens with zero attached hydrogens (tertiary/aromatic N) is 1. The fourth-order valence-electron chi connectivity index (χ4n) is 5.06. The van der Waals surface area contributed by atoms with E-state index in [1.165, 1.54) is 19.1 Å². The predicted octanol–water partition coefficient (Wildman–Crippen LogP) is 5.68. The molecule has 0 saturated carbocycles. The van der Waals surface area contributed by atoms with Crippen LogP contribution in [0, 0.1) is 6.92 Å². The van der Waals surface area contributed by atoms with Gasteiger partial charge in [0, 0.05) is 27.8 Å². The van der Waals surface area contributed by atoms with Crippen LogP contribution in [0.4, 0.5) is 5.69 Å². The molecule has 2 heterocycles. The number of fused-ring (bicyclic) bond motifs is 1. The second-order valence-electron chi connectivity index (χ2n) is 8.96. The molecule has 7 nitrogen and oxygen atoms in total. The van der Waals surface area contributed by atoms with Crippen molar-refractivity contribution in [3.05, 3.63) is 94.7 Å². The van der Waals surface area contributed by atoms with E-state index >= 15 is 0 Å². The number of hydrogen-bond acceptors (Lipinski definition) is 5. The lowest BCUT2D eigenvalue weighted by Crippen LogP contribution is -2.29. The Hall–Kier alpha value is -4.52. The smallest absolute Gasteiger partial charge is 0.300 e. The molecule has 1 atom stereocenters. The van der Waals surface area contributed by atoms with Gasteiger partial charge in [0.15, 0.2) is 0 Å². The minimum atomic E-state index is -0.862. The molecule has 5 rings (SSSR count). The largest absolute Gasteiger partial charge is 0.507 e. The molecule has 0 radical (unpaired) electrons. The van der Waals surface area contributed by atoms with Gasteiger partial charge in [-0.1, -0.05) is 37.3 Å². The first-order valence-corrected chi connectivity index (χ1v) is 12.1. The first-order valence-electron chi connectivity index (χ1n) is 12.1. The number of ketones is 1. The van der Waals surface area contributed by atoms with Crippen molar-refractivity contribution in [1.82, 2.24) is 4.98 Å². The van der Waals surface area contributed by atoms with Gasteiger partial charge in [-0.05, 0) is 55.3 Å². The van der Waals surface area contributed by atoms with Gasteiger partial charge < -0.3 is 19.6 Å². The number of Topliss-reactive ketones (excluding diaryl/α,β-unsaturated/α-hetero) is 1. The number of methoxy groups -OCH3 is 2. The summed E-state index contributed by atoms with van der Waals surface area (Å²) in [6.07, 6.45) is 0.847. The van der Waals surface area contributed by atoms with Crippen molar-refractivity contribution in [2.24, 2.45) is 0 Å². The number of aryl methyl sites for hydroxylation is 2. The van der Waals surface area contributed by atoms with E-state index in [2.05, 4.69) is 11.9 Å². The zero-order valence-corrected chi connectivity index (χ0v) is 21.2. The molecule has 1 saturated heterocycles. The molecule has 3 aromatic carbocycles. The first kappa shape index (κ1) is 24.2. The van der Waals surface area contributed by atoms with E-state index in [1.807, 2.05) is 55.5 Å². The minimum Gasteiger partial charge on any atom is -0.507 e. The van der Waals surface area contributed by atoms with Crippen LogP contribution >= 0.6 is 0 Å². The molecule has 1 fully saturated rings. The Morgan fingerprint density at radius 3 is 2.41 bits per heavy atom. The second-order valence-corrected chi connectivity index (χ2v) is 8.96. The molecule has 7 heteroatoms. The van der Waals surface area contributed by atoms with E-state index < -0.39 is 17.7 Å². The van der Waals surface area contributed by atoms with Crippen molar-refractivity contribution in [2.45, 2.75) is 26.3 Å². The molecule has 1 aliphatic rings. The van der Waals surface area contributed by atoms with Crippen LogP contribution in [-0.2, 0) is 16.0 Å². The van der Waals surface area contributed by atoms with Crippen molar-refractivity contribution in [2.75, 3.05) is 19.1 Å². The Morgan fingerprint density at radius 2 is 1.73 bits per heavy atom. The summed E-state index contributed by atoms with van der Waals surface area (Å²) in [6.45, 7) is 3.96. The number of aliphatic hydroxyl groups excluding tert-OH is 1. The number of H-pyrrole nitrogens is 1. The molecule has 1 aromatic heterocycles. The fourth-order valence-corrected chi connectivity index (χ4v) is 5.06. The number of anilines is 1. The van der Waals surface area contributed by atoms with Gasteiger partial charge >= 0.3 is 0 Å². The van der Waals surface area contributed by atoms with Gasteiger partial charge in [0.1, 0.15) is 17.3 Å². The lowest BCUT2D eigenvalue weighted by atomic mass is 9.92. The van der Waals surface area contributed by atoms with E-state index in [0.717, 1.165) is 34.1 Å². The molecule has 4 aromatic rings. The van der Waals surface area contributed by atoms with Gasteiger partial charge in [-0.2, -0.15) is 0 Å². The maximum Gasteiger partial charge on any atom is 0.300 e. The third-order valence-electron chi connectivity index (χ3n) is 6.95. The van der Waals surface area contributed by atoms with E-state index in [9.17, 15) is 14.7 Å². The maximum atomic E-state index is 13.6. The highest BCUT2D eigenvalue weighted by Crippen LogP contribution is 2.46. The van der Waals surface area contributed by atoms with Crippen LogP contribution in [0.25, 0.3) is 16.7 Å². The Labute approximate surface area is 214 Å². The van der Waals surface area contributed by atoms with Gasteiger partial charge in [0.2, 0.25) is 0 Å². The number of benzene rings is 3. The molecule has 1 aliphatic heterocycles. The van der Waals surface area contributed by atoms with Gasteiger partial charge in [0.25, 0.3) is 11.7 Å². The molecule has 1 unspecified atom stereocenters. The SMILES string of the molecule is CCc1ccc(N2C(=O)C(=O)/C(=C(/O)c3cc(OC)ccc3OC)C2c2c(C)[nH]c3ccccc23)cc1. The van der Waals surface area contributed by atoms with Crippen LogP contribution in [0.15, 0.2) is 72.3 Å². The molecule has 2 N–H and O–H groups in total. The summed E-state index contributed by atoms with van der Waals surface area (Å²) in [6, 6.07) is 19.4. The van der Waals surface area contributed by atoms with E-state index in [4.69, 9.17) is 9.47 Å². The topological polar surface area (TPSA) is 91.9 Å². The zero-order chi connectivity index (χ0) is 26.3. The Morgan fingerprint density at radius 1 is 1.00 bits per heavy atom. The predicted molar refractivity (Wildman–Crippen MR) is 143 cm³/mol. The molecule has 0 spiro atoms. The summed E-state index contributed by atoms with van der Waals surface area (Å²) >= 11 is 0. The summed E-state index contributed by atoms with van der Waals surface area (Å²) in [5.74, 6) is -0.965. The third-order valence-corrected chi connectivity index (χ3v) is 6.95. The summed E-state index contributed by atoms with van der Waals surface area (Å²) in [7, 11) is 2.99. The molecule has 188 valence electrons. The summed E-state index contributed by atoms with van der Waals surface area (Å²) in [5.41, 5.74) is 4.37. The minimum absolute atomic E-state index is 0.0102. The highest BCUT2D eigenvalue weighted by Gasteiger charge is 2.48. The third kappa shape index (κ3) is 3.93. The average Bonchev–Trinajstić information content (AvgIpc) is 3.39. The van der Waals surface area contributed by atoms with E-state index in [0.29, 0.717) is 17.2 Å². The summed E-state index contributed by atoms with van der Waals surface area (Å²) in [5, 5.41) is 12.5. The number of hydrogen-bond donors (Lipinski definition) is 2. The van der Waals surface area contributed by atoms with Gasteiger partial charge in [-0.15, -0.1) is 0 Å². The lowest BCUT2D eigenvalue weighted by molar-refractivity contribution is -0.132. The van der Waals surface area contributed by atoms with Crippen LogP contribution in [0.3, 0.4) is 0 Å².